The van der Waals surface area contributed by atoms with E-state index < -0.39 is 0 Å². The second-order valence-corrected chi connectivity index (χ2v) is 12.0. The Morgan fingerprint density at radius 2 is 1.79 bits per heavy atom. The van der Waals surface area contributed by atoms with E-state index in [-0.39, 0.29) is 24.0 Å². The molecule has 0 radical (unpaired) electrons. The lowest BCUT2D eigenvalue weighted by atomic mass is 9.88. The number of halogens is 3. The minimum Gasteiger partial charge on any atom is -0.481 e. The van der Waals surface area contributed by atoms with Gasteiger partial charge >= 0.3 is 0 Å². The summed E-state index contributed by atoms with van der Waals surface area (Å²) in [5.41, 5.74) is 1.25. The topological polar surface area (TPSA) is 86.0 Å². The molecule has 1 aliphatic carbocycles. The third kappa shape index (κ3) is 6.21. The maximum absolute atomic E-state index is 13.5. The van der Waals surface area contributed by atoms with E-state index in [9.17, 15) is 9.59 Å². The second-order valence-electron chi connectivity index (χ2n) is 9.42. The zero-order valence-corrected chi connectivity index (χ0v) is 25.4. The molecule has 2 aliphatic rings. The first-order chi connectivity index (χ1) is 18.4. The zero-order valence-electron chi connectivity index (χ0n) is 20.7. The molecule has 0 unspecified atom stereocenters. The highest BCUT2D eigenvalue weighted by Gasteiger charge is 2.23. The van der Waals surface area contributed by atoms with Crippen LogP contribution in [0, 0.1) is 0 Å². The number of amides is 1. The number of hydrogen-bond acceptors (Lipinski definition) is 6. The van der Waals surface area contributed by atoms with E-state index in [1.165, 1.54) is 11.1 Å². The molecule has 1 saturated carbocycles. The van der Waals surface area contributed by atoms with Gasteiger partial charge in [0.05, 0.1) is 39.3 Å². The average Bonchev–Trinajstić information content (AvgIpc) is 2.93. The number of ether oxygens (including phenoxy) is 2. The Hall–Kier alpha value is -2.08. The number of morpholine rings is 1. The SMILES string of the molecule is O=C(COc1c(Br)cc(C=Nn2c(C3CCCCC3)nc3ccc(Br)cc3c2=O)cc1Br)N1CCOCC1. The summed E-state index contributed by atoms with van der Waals surface area (Å²) in [6, 6.07) is 9.26. The van der Waals surface area contributed by atoms with E-state index >= 15 is 0 Å². The fourth-order valence-electron chi connectivity index (χ4n) is 4.86. The number of carbonyl (C=O) groups excluding carboxylic acids is 1. The summed E-state index contributed by atoms with van der Waals surface area (Å²) >= 11 is 10.6. The molecule has 38 heavy (non-hydrogen) atoms. The first kappa shape index (κ1) is 27.5. The summed E-state index contributed by atoms with van der Waals surface area (Å²) in [5.74, 6) is 1.35. The van der Waals surface area contributed by atoms with Crippen LogP contribution < -0.4 is 10.3 Å². The summed E-state index contributed by atoms with van der Waals surface area (Å²) in [4.78, 5) is 32.6. The lowest BCUT2D eigenvalue weighted by molar-refractivity contribution is -0.137. The van der Waals surface area contributed by atoms with Gasteiger partial charge in [-0.2, -0.15) is 9.78 Å². The molecule has 200 valence electrons. The Morgan fingerprint density at radius 3 is 2.50 bits per heavy atom. The van der Waals surface area contributed by atoms with Crippen molar-refractivity contribution in [2.24, 2.45) is 5.10 Å². The minimum absolute atomic E-state index is 0.0664. The van der Waals surface area contributed by atoms with Crippen LogP contribution in [0.5, 0.6) is 5.75 Å². The lowest BCUT2D eigenvalue weighted by Gasteiger charge is -2.26. The molecule has 1 saturated heterocycles. The van der Waals surface area contributed by atoms with E-state index in [0.717, 1.165) is 35.7 Å². The lowest BCUT2D eigenvalue weighted by Crippen LogP contribution is -2.43. The molecule has 8 nitrogen and oxygen atoms in total. The average molecular weight is 711 g/mol. The molecular weight excluding hydrogens is 684 g/mol. The summed E-state index contributed by atoms with van der Waals surface area (Å²) in [6.45, 7) is 2.17. The number of hydrogen-bond donors (Lipinski definition) is 0. The molecule has 2 heterocycles. The third-order valence-electron chi connectivity index (χ3n) is 6.85. The molecule has 5 rings (SSSR count). The van der Waals surface area contributed by atoms with Gasteiger partial charge in [-0.05, 0) is 80.6 Å². The largest absolute Gasteiger partial charge is 0.481 e. The molecular formula is C27H27Br3N4O4. The van der Waals surface area contributed by atoms with Gasteiger partial charge in [0.25, 0.3) is 11.5 Å². The molecule has 2 fully saturated rings. The monoisotopic (exact) mass is 708 g/mol. The van der Waals surface area contributed by atoms with Crippen LogP contribution in [-0.2, 0) is 9.53 Å². The van der Waals surface area contributed by atoms with Crippen molar-refractivity contribution in [2.75, 3.05) is 32.9 Å². The fourth-order valence-corrected chi connectivity index (χ4v) is 6.67. The zero-order chi connectivity index (χ0) is 26.6. The molecule has 0 spiro atoms. The van der Waals surface area contributed by atoms with Crippen molar-refractivity contribution in [3.05, 3.63) is 65.5 Å². The number of aromatic nitrogens is 2. The van der Waals surface area contributed by atoms with Crippen molar-refractivity contribution in [3.63, 3.8) is 0 Å². The predicted octanol–water partition coefficient (Wildman–Crippen LogP) is 5.85. The first-order valence-electron chi connectivity index (χ1n) is 12.6. The molecule has 1 aliphatic heterocycles. The van der Waals surface area contributed by atoms with Gasteiger partial charge in [0.15, 0.2) is 6.61 Å². The van der Waals surface area contributed by atoms with Crippen molar-refractivity contribution in [2.45, 2.75) is 38.0 Å². The van der Waals surface area contributed by atoms with Gasteiger partial charge in [0.2, 0.25) is 0 Å². The first-order valence-corrected chi connectivity index (χ1v) is 15.0. The Bertz CT molecular complexity index is 1410. The fraction of sp³-hybridized carbons (Fsp3) is 0.407. The smallest absolute Gasteiger partial charge is 0.282 e. The molecule has 2 aromatic carbocycles. The summed E-state index contributed by atoms with van der Waals surface area (Å²) in [6.07, 6.45) is 7.10. The van der Waals surface area contributed by atoms with Crippen molar-refractivity contribution in [3.8, 4) is 5.75 Å². The molecule has 0 atom stereocenters. The van der Waals surface area contributed by atoms with Gasteiger partial charge < -0.3 is 14.4 Å². The number of carbonyl (C=O) groups is 1. The Kier molecular flexibility index (Phi) is 8.97. The Balaban J connectivity index is 1.42. The van der Waals surface area contributed by atoms with Crippen LogP contribution in [0.15, 0.2) is 53.6 Å². The van der Waals surface area contributed by atoms with Crippen molar-refractivity contribution in [1.29, 1.82) is 0 Å². The van der Waals surface area contributed by atoms with Gasteiger partial charge in [0, 0.05) is 23.5 Å². The van der Waals surface area contributed by atoms with Gasteiger partial charge in [-0.3, -0.25) is 9.59 Å². The van der Waals surface area contributed by atoms with E-state index in [1.54, 1.807) is 17.2 Å². The molecule has 11 heteroatoms. The van der Waals surface area contributed by atoms with Crippen molar-refractivity contribution >= 4 is 70.8 Å². The molecule has 0 N–H and O–H groups in total. The van der Waals surface area contributed by atoms with Crippen molar-refractivity contribution < 1.29 is 14.3 Å². The van der Waals surface area contributed by atoms with Crippen LogP contribution >= 0.6 is 47.8 Å². The maximum atomic E-state index is 13.5. The normalized spacial score (nSPS) is 16.9. The second kappa shape index (κ2) is 12.4. The van der Waals surface area contributed by atoms with E-state index in [1.807, 2.05) is 24.3 Å². The van der Waals surface area contributed by atoms with Gasteiger partial charge in [0.1, 0.15) is 11.6 Å². The van der Waals surface area contributed by atoms with Crippen LogP contribution in [0.4, 0.5) is 0 Å². The van der Waals surface area contributed by atoms with Gasteiger partial charge in [-0.1, -0.05) is 35.2 Å². The Labute approximate surface area is 245 Å². The van der Waals surface area contributed by atoms with Crippen LogP contribution in [0.2, 0.25) is 0 Å². The summed E-state index contributed by atoms with van der Waals surface area (Å²) < 4.78 is 14.8. The number of rotatable bonds is 6. The number of benzene rings is 2. The molecule has 1 amide bonds. The molecule has 1 aromatic heterocycles. The molecule has 3 aromatic rings. The summed E-state index contributed by atoms with van der Waals surface area (Å²) in [7, 11) is 0. The van der Waals surface area contributed by atoms with Crippen LogP contribution in [0.1, 0.15) is 49.4 Å². The maximum Gasteiger partial charge on any atom is 0.282 e. The van der Waals surface area contributed by atoms with E-state index in [4.69, 9.17) is 14.5 Å². The Morgan fingerprint density at radius 1 is 1.08 bits per heavy atom. The quantitative estimate of drug-likeness (QED) is 0.300. The summed E-state index contributed by atoms with van der Waals surface area (Å²) in [5, 5.41) is 5.14. The van der Waals surface area contributed by atoms with E-state index in [2.05, 4.69) is 52.9 Å². The number of nitrogens with zero attached hydrogens (tertiary/aromatic N) is 4. The van der Waals surface area contributed by atoms with Crippen LogP contribution in [0.3, 0.4) is 0 Å². The van der Waals surface area contributed by atoms with Crippen LogP contribution in [-0.4, -0.2) is 59.6 Å². The third-order valence-corrected chi connectivity index (χ3v) is 8.52. The highest BCUT2D eigenvalue weighted by Crippen LogP contribution is 2.35. The van der Waals surface area contributed by atoms with Gasteiger partial charge in [-0.25, -0.2) is 4.98 Å². The van der Waals surface area contributed by atoms with Gasteiger partial charge in [-0.15, -0.1) is 0 Å². The van der Waals surface area contributed by atoms with Crippen molar-refractivity contribution in [1.82, 2.24) is 14.6 Å². The molecule has 0 bridgehead atoms. The highest BCUT2D eigenvalue weighted by atomic mass is 79.9. The standard InChI is InChI=1S/C27H27Br3N4O4/c28-19-6-7-23-20(14-19)27(36)34(26(32-23)18-4-2-1-3-5-18)31-15-17-12-21(29)25(22(30)13-17)38-16-24(35)33-8-10-37-11-9-33/h6-7,12-15,18H,1-5,8-11,16H2. The van der Waals surface area contributed by atoms with E-state index in [0.29, 0.717) is 57.7 Å². The minimum atomic E-state index is -0.187. The van der Waals surface area contributed by atoms with Crippen LogP contribution in [0.25, 0.3) is 10.9 Å². The predicted molar refractivity (Wildman–Crippen MR) is 157 cm³/mol. The highest BCUT2D eigenvalue weighted by molar-refractivity contribution is 9.11. The number of fused-ring (bicyclic) bond motifs is 1.